The van der Waals surface area contributed by atoms with Gasteiger partial charge in [0.15, 0.2) is 0 Å². The van der Waals surface area contributed by atoms with E-state index in [1.165, 1.54) is 12.8 Å². The number of hydrogen-bond donors (Lipinski definition) is 2. The average Bonchev–Trinajstić information content (AvgIpc) is 3.11. The molecule has 0 spiro atoms. The van der Waals surface area contributed by atoms with Gasteiger partial charge in [-0.3, -0.25) is 4.79 Å². The third kappa shape index (κ3) is 3.03. The third-order valence-electron chi connectivity index (χ3n) is 4.06. The van der Waals surface area contributed by atoms with Gasteiger partial charge in [-0.15, -0.1) is 0 Å². The molecule has 1 unspecified atom stereocenters. The first-order chi connectivity index (χ1) is 8.53. The Balaban J connectivity index is 1.93. The fourth-order valence-corrected chi connectivity index (χ4v) is 2.05. The molecule has 0 aliphatic heterocycles. The van der Waals surface area contributed by atoms with Crippen LogP contribution in [0.15, 0.2) is 24.3 Å². The predicted octanol–water partition coefficient (Wildman–Crippen LogP) is 2.58. The topological polar surface area (TPSA) is 41.1 Å². The Kier molecular flexibility index (Phi) is 3.60. The first-order valence-corrected chi connectivity index (χ1v) is 6.59. The van der Waals surface area contributed by atoms with E-state index in [2.05, 4.69) is 36.6 Å². The van der Waals surface area contributed by atoms with E-state index in [1.54, 1.807) is 7.05 Å². The number of benzene rings is 1. The number of anilines is 1. The molecule has 0 bridgehead atoms. The van der Waals surface area contributed by atoms with Gasteiger partial charge in [0.05, 0.1) is 6.42 Å². The summed E-state index contributed by atoms with van der Waals surface area (Å²) < 4.78 is 0. The van der Waals surface area contributed by atoms with Crippen LogP contribution in [0.4, 0.5) is 5.69 Å². The molecule has 0 heterocycles. The predicted molar refractivity (Wildman–Crippen MR) is 74.6 cm³/mol. The van der Waals surface area contributed by atoms with Crippen LogP contribution in [0, 0.1) is 5.41 Å². The zero-order valence-corrected chi connectivity index (χ0v) is 11.4. The Morgan fingerprint density at radius 2 is 1.94 bits per heavy atom. The Bertz CT molecular complexity index is 421. The number of hydrogen-bond acceptors (Lipinski definition) is 2. The molecule has 0 radical (unpaired) electrons. The lowest BCUT2D eigenvalue weighted by atomic mass is 10.0. The van der Waals surface area contributed by atoms with Gasteiger partial charge in [-0.25, -0.2) is 0 Å². The highest BCUT2D eigenvalue weighted by atomic mass is 16.1. The SMILES string of the molecule is CNC(=O)Cc1ccc(NC(C)C2(C)CC2)cc1. The molecule has 3 nitrogen and oxygen atoms in total. The summed E-state index contributed by atoms with van der Waals surface area (Å²) in [5.41, 5.74) is 2.65. The molecular weight excluding hydrogens is 224 g/mol. The lowest BCUT2D eigenvalue weighted by molar-refractivity contribution is -0.119. The third-order valence-corrected chi connectivity index (χ3v) is 4.06. The van der Waals surface area contributed by atoms with Crippen molar-refractivity contribution in [1.29, 1.82) is 0 Å². The molecule has 1 fully saturated rings. The van der Waals surface area contributed by atoms with Crippen molar-refractivity contribution in [2.45, 2.75) is 39.2 Å². The van der Waals surface area contributed by atoms with E-state index < -0.39 is 0 Å². The lowest BCUT2D eigenvalue weighted by Crippen LogP contribution is -2.24. The molecular formula is C15H22N2O. The zero-order chi connectivity index (χ0) is 13.2. The average molecular weight is 246 g/mol. The Morgan fingerprint density at radius 1 is 1.33 bits per heavy atom. The highest BCUT2D eigenvalue weighted by molar-refractivity contribution is 5.78. The summed E-state index contributed by atoms with van der Waals surface area (Å²) in [6.07, 6.45) is 3.08. The number of rotatable bonds is 5. The summed E-state index contributed by atoms with van der Waals surface area (Å²) in [4.78, 5) is 11.3. The minimum Gasteiger partial charge on any atom is -0.382 e. The van der Waals surface area contributed by atoms with Crippen LogP contribution >= 0.6 is 0 Å². The Morgan fingerprint density at radius 3 is 2.44 bits per heavy atom. The van der Waals surface area contributed by atoms with E-state index >= 15 is 0 Å². The highest BCUT2D eigenvalue weighted by Crippen LogP contribution is 2.48. The van der Waals surface area contributed by atoms with Gasteiger partial charge < -0.3 is 10.6 Å². The number of likely N-dealkylation sites (N-methyl/N-ethyl adjacent to an activating group) is 1. The van der Waals surface area contributed by atoms with E-state index in [0.29, 0.717) is 17.9 Å². The van der Waals surface area contributed by atoms with Gasteiger partial charge in [-0.1, -0.05) is 19.1 Å². The van der Waals surface area contributed by atoms with Gasteiger partial charge >= 0.3 is 0 Å². The monoisotopic (exact) mass is 246 g/mol. The fourth-order valence-electron chi connectivity index (χ4n) is 2.05. The molecule has 0 aromatic heterocycles. The molecule has 1 saturated carbocycles. The minimum atomic E-state index is 0.0505. The van der Waals surface area contributed by atoms with Crippen LogP contribution < -0.4 is 10.6 Å². The van der Waals surface area contributed by atoms with Gasteiger partial charge in [0.2, 0.25) is 5.91 Å². The minimum absolute atomic E-state index is 0.0505. The molecule has 1 aromatic rings. The number of carbonyl (C=O) groups excluding carboxylic acids is 1. The van der Waals surface area contributed by atoms with Crippen molar-refractivity contribution < 1.29 is 4.79 Å². The lowest BCUT2D eigenvalue weighted by Gasteiger charge is -2.21. The summed E-state index contributed by atoms with van der Waals surface area (Å²) in [5.74, 6) is 0.0505. The number of amides is 1. The highest BCUT2D eigenvalue weighted by Gasteiger charge is 2.42. The second kappa shape index (κ2) is 5.01. The number of carbonyl (C=O) groups is 1. The molecule has 1 amide bonds. The smallest absolute Gasteiger partial charge is 0.224 e. The van der Waals surface area contributed by atoms with Crippen LogP contribution in [0.5, 0.6) is 0 Å². The van der Waals surface area contributed by atoms with Crippen molar-refractivity contribution in [2.75, 3.05) is 12.4 Å². The van der Waals surface area contributed by atoms with Crippen LogP contribution in [0.2, 0.25) is 0 Å². The maximum Gasteiger partial charge on any atom is 0.224 e. The first kappa shape index (κ1) is 12.9. The molecule has 18 heavy (non-hydrogen) atoms. The maximum absolute atomic E-state index is 11.3. The van der Waals surface area contributed by atoms with E-state index in [9.17, 15) is 4.79 Å². The van der Waals surface area contributed by atoms with E-state index in [-0.39, 0.29) is 5.91 Å². The summed E-state index contributed by atoms with van der Waals surface area (Å²) in [7, 11) is 1.66. The molecule has 1 atom stereocenters. The van der Waals surface area contributed by atoms with Crippen molar-refractivity contribution in [3.05, 3.63) is 29.8 Å². The largest absolute Gasteiger partial charge is 0.382 e. The molecule has 3 heteroatoms. The van der Waals surface area contributed by atoms with Crippen molar-refractivity contribution in [2.24, 2.45) is 5.41 Å². The van der Waals surface area contributed by atoms with Crippen LogP contribution in [0.1, 0.15) is 32.3 Å². The first-order valence-electron chi connectivity index (χ1n) is 6.59. The molecule has 0 saturated heterocycles. The van der Waals surface area contributed by atoms with Crippen molar-refractivity contribution in [3.8, 4) is 0 Å². The van der Waals surface area contributed by atoms with E-state index in [1.807, 2.05) is 12.1 Å². The van der Waals surface area contributed by atoms with E-state index in [4.69, 9.17) is 0 Å². The molecule has 98 valence electrons. The summed E-state index contributed by atoms with van der Waals surface area (Å²) >= 11 is 0. The quantitative estimate of drug-likeness (QED) is 0.838. The van der Waals surface area contributed by atoms with Crippen molar-refractivity contribution >= 4 is 11.6 Å². The van der Waals surface area contributed by atoms with Crippen LogP contribution in [-0.2, 0) is 11.2 Å². The van der Waals surface area contributed by atoms with Crippen LogP contribution in [-0.4, -0.2) is 19.0 Å². The second-order valence-electron chi connectivity index (χ2n) is 5.57. The summed E-state index contributed by atoms with van der Waals surface area (Å²) in [6, 6.07) is 8.64. The van der Waals surface area contributed by atoms with Crippen molar-refractivity contribution in [3.63, 3.8) is 0 Å². The summed E-state index contributed by atoms with van der Waals surface area (Å²) in [6.45, 7) is 4.57. The van der Waals surface area contributed by atoms with Crippen LogP contribution in [0.25, 0.3) is 0 Å². The second-order valence-corrected chi connectivity index (χ2v) is 5.57. The summed E-state index contributed by atoms with van der Waals surface area (Å²) in [5, 5.41) is 6.17. The molecule has 2 N–H and O–H groups in total. The Hall–Kier alpha value is -1.51. The van der Waals surface area contributed by atoms with Gasteiger partial charge in [0.25, 0.3) is 0 Å². The van der Waals surface area contributed by atoms with E-state index in [0.717, 1.165) is 11.3 Å². The maximum atomic E-state index is 11.3. The van der Waals surface area contributed by atoms with Crippen molar-refractivity contribution in [1.82, 2.24) is 5.32 Å². The van der Waals surface area contributed by atoms with Gasteiger partial charge in [-0.2, -0.15) is 0 Å². The van der Waals surface area contributed by atoms with Crippen LogP contribution in [0.3, 0.4) is 0 Å². The fraction of sp³-hybridized carbons (Fsp3) is 0.533. The number of nitrogens with one attached hydrogen (secondary N) is 2. The van der Waals surface area contributed by atoms with Gasteiger partial charge in [-0.05, 0) is 42.9 Å². The van der Waals surface area contributed by atoms with Gasteiger partial charge in [0, 0.05) is 18.8 Å². The van der Waals surface area contributed by atoms with Gasteiger partial charge in [0.1, 0.15) is 0 Å². The molecule has 1 aliphatic rings. The standard InChI is InChI=1S/C15H22N2O/c1-11(15(2)8-9-15)17-13-6-4-12(5-7-13)10-14(18)16-3/h4-7,11,17H,8-10H2,1-3H3,(H,16,18). The Labute approximate surface area is 109 Å². The zero-order valence-electron chi connectivity index (χ0n) is 11.4. The molecule has 1 aromatic carbocycles. The normalized spacial score (nSPS) is 17.9. The molecule has 2 rings (SSSR count). The molecule has 1 aliphatic carbocycles.